The molecule has 0 radical (unpaired) electrons. The first-order valence-corrected chi connectivity index (χ1v) is 9.95. The summed E-state index contributed by atoms with van der Waals surface area (Å²) in [6.07, 6.45) is 2.65. The second-order valence-electron chi connectivity index (χ2n) is 6.08. The van der Waals surface area contributed by atoms with Crippen molar-refractivity contribution >= 4 is 28.9 Å². The topological polar surface area (TPSA) is 59.4 Å². The van der Waals surface area contributed by atoms with Gasteiger partial charge in [0.1, 0.15) is 5.75 Å². The number of aromatic nitrogens is 1. The van der Waals surface area contributed by atoms with E-state index in [2.05, 4.69) is 0 Å². The Morgan fingerprint density at radius 2 is 1.81 bits per heavy atom. The number of unbranched alkanes of at least 4 members (excludes halogenated alkanes) is 1. The monoisotopic (exact) mass is 401 g/mol. The summed E-state index contributed by atoms with van der Waals surface area (Å²) in [5, 5.41) is 10.8. The molecular formula is C21H20ClNO3S. The van der Waals surface area contributed by atoms with E-state index in [9.17, 15) is 9.90 Å². The molecule has 1 aromatic heterocycles. The molecule has 0 amide bonds. The van der Waals surface area contributed by atoms with Gasteiger partial charge < -0.3 is 9.84 Å². The van der Waals surface area contributed by atoms with Crippen LogP contribution in [-0.2, 0) is 17.6 Å². The van der Waals surface area contributed by atoms with Crippen molar-refractivity contribution in [1.82, 2.24) is 4.98 Å². The molecule has 0 aliphatic rings. The number of rotatable bonds is 9. The lowest BCUT2D eigenvalue weighted by atomic mass is 10.1. The van der Waals surface area contributed by atoms with Crippen molar-refractivity contribution in [2.45, 2.75) is 25.7 Å². The van der Waals surface area contributed by atoms with Gasteiger partial charge in [-0.15, -0.1) is 11.3 Å². The quantitative estimate of drug-likeness (QED) is 0.481. The predicted molar refractivity (Wildman–Crippen MR) is 109 cm³/mol. The van der Waals surface area contributed by atoms with Crippen molar-refractivity contribution in [2.24, 2.45) is 0 Å². The Hall–Kier alpha value is -2.37. The summed E-state index contributed by atoms with van der Waals surface area (Å²) in [6, 6.07) is 17.1. The van der Waals surface area contributed by atoms with Crippen LogP contribution < -0.4 is 4.74 Å². The van der Waals surface area contributed by atoms with Gasteiger partial charge in [-0.1, -0.05) is 41.9 Å². The molecule has 0 aliphatic heterocycles. The molecule has 1 N–H and O–H groups in total. The maximum absolute atomic E-state index is 11.2. The Morgan fingerprint density at radius 3 is 2.52 bits per heavy atom. The van der Waals surface area contributed by atoms with Gasteiger partial charge >= 0.3 is 5.97 Å². The highest BCUT2D eigenvalue weighted by Gasteiger charge is 2.15. The van der Waals surface area contributed by atoms with Crippen LogP contribution in [0.25, 0.3) is 11.3 Å². The Labute approximate surface area is 167 Å². The molecular weight excluding hydrogens is 382 g/mol. The molecule has 0 unspecified atom stereocenters. The van der Waals surface area contributed by atoms with Crippen LogP contribution in [-0.4, -0.2) is 22.7 Å². The molecule has 0 atom stereocenters. The highest BCUT2D eigenvalue weighted by Crippen LogP contribution is 2.29. The highest BCUT2D eigenvalue weighted by molar-refractivity contribution is 7.12. The third-order valence-corrected chi connectivity index (χ3v) is 5.34. The number of benzene rings is 2. The fraction of sp³-hybridized carbons (Fsp3) is 0.238. The van der Waals surface area contributed by atoms with Gasteiger partial charge in [-0.2, -0.15) is 0 Å². The minimum atomic E-state index is -0.834. The van der Waals surface area contributed by atoms with Crippen molar-refractivity contribution in [3.63, 3.8) is 0 Å². The first-order valence-electron chi connectivity index (χ1n) is 8.76. The normalized spacial score (nSPS) is 10.7. The second-order valence-corrected chi connectivity index (χ2v) is 7.68. The summed E-state index contributed by atoms with van der Waals surface area (Å²) in [7, 11) is 0. The first-order chi connectivity index (χ1) is 13.1. The average molecular weight is 402 g/mol. The van der Waals surface area contributed by atoms with Gasteiger partial charge in [0.15, 0.2) is 0 Å². The third-order valence-electron chi connectivity index (χ3n) is 3.97. The molecule has 0 fully saturated rings. The minimum absolute atomic E-state index is 0.00156. The number of carboxylic acids is 1. The summed E-state index contributed by atoms with van der Waals surface area (Å²) in [4.78, 5) is 16.7. The number of aryl methyl sites for hydroxylation is 1. The maximum Gasteiger partial charge on any atom is 0.308 e. The van der Waals surface area contributed by atoms with E-state index in [-0.39, 0.29) is 6.42 Å². The average Bonchev–Trinajstić information content (AvgIpc) is 3.05. The molecule has 0 spiro atoms. The van der Waals surface area contributed by atoms with Gasteiger partial charge in [-0.3, -0.25) is 4.79 Å². The molecule has 1 heterocycles. The summed E-state index contributed by atoms with van der Waals surface area (Å²) in [5.74, 6) is -0.0255. The van der Waals surface area contributed by atoms with E-state index in [1.54, 1.807) is 0 Å². The third kappa shape index (κ3) is 5.81. The van der Waals surface area contributed by atoms with Crippen LogP contribution >= 0.6 is 22.9 Å². The molecule has 0 saturated carbocycles. The fourth-order valence-corrected chi connectivity index (χ4v) is 3.93. The number of ether oxygens (including phenoxy) is 1. The van der Waals surface area contributed by atoms with Crippen molar-refractivity contribution in [3.8, 4) is 17.0 Å². The molecule has 2 aromatic carbocycles. The highest BCUT2D eigenvalue weighted by atomic mass is 35.5. The summed E-state index contributed by atoms with van der Waals surface area (Å²) in [5.41, 5.74) is 1.75. The molecule has 140 valence electrons. The van der Waals surface area contributed by atoms with Crippen LogP contribution in [0.3, 0.4) is 0 Å². The number of hydrogen-bond acceptors (Lipinski definition) is 4. The lowest BCUT2D eigenvalue weighted by molar-refractivity contribution is -0.136. The lowest BCUT2D eigenvalue weighted by Gasteiger charge is -2.05. The van der Waals surface area contributed by atoms with Crippen LogP contribution in [0.2, 0.25) is 5.02 Å². The Balaban J connectivity index is 1.56. The van der Waals surface area contributed by atoms with Gasteiger partial charge in [0.25, 0.3) is 0 Å². The van der Waals surface area contributed by atoms with E-state index in [0.29, 0.717) is 11.6 Å². The van der Waals surface area contributed by atoms with Crippen molar-refractivity contribution < 1.29 is 14.6 Å². The maximum atomic E-state index is 11.2. The zero-order chi connectivity index (χ0) is 19.1. The van der Waals surface area contributed by atoms with Crippen LogP contribution in [0.1, 0.15) is 22.7 Å². The predicted octanol–water partition coefficient (Wildman–Crippen LogP) is 5.49. The molecule has 0 aliphatic carbocycles. The van der Waals surface area contributed by atoms with Gasteiger partial charge in [0, 0.05) is 15.5 Å². The van der Waals surface area contributed by atoms with Crippen LogP contribution in [0.15, 0.2) is 54.6 Å². The van der Waals surface area contributed by atoms with Crippen molar-refractivity contribution in [1.29, 1.82) is 0 Å². The lowest BCUT2D eigenvalue weighted by Crippen LogP contribution is -1.99. The smallest absolute Gasteiger partial charge is 0.308 e. The summed E-state index contributed by atoms with van der Waals surface area (Å²) >= 11 is 7.35. The molecule has 0 bridgehead atoms. The number of nitrogens with zero attached hydrogens (tertiary/aromatic N) is 1. The largest absolute Gasteiger partial charge is 0.494 e. The van der Waals surface area contributed by atoms with Crippen LogP contribution in [0.5, 0.6) is 5.75 Å². The van der Waals surface area contributed by atoms with E-state index in [4.69, 9.17) is 21.3 Å². The molecule has 3 rings (SSSR count). The van der Waals surface area contributed by atoms with Crippen molar-refractivity contribution in [3.05, 3.63) is 69.5 Å². The molecule has 27 heavy (non-hydrogen) atoms. The van der Waals surface area contributed by atoms with Crippen LogP contribution in [0, 0.1) is 0 Å². The zero-order valence-corrected chi connectivity index (χ0v) is 16.3. The Bertz CT molecular complexity index is 878. The fourth-order valence-electron chi connectivity index (χ4n) is 2.69. The summed E-state index contributed by atoms with van der Waals surface area (Å²) < 4.78 is 5.70. The number of aliphatic carboxylic acids is 1. The van der Waals surface area contributed by atoms with E-state index in [1.165, 1.54) is 11.3 Å². The number of thiazole rings is 1. The number of carboxylic acid groups (broad SMARTS) is 1. The van der Waals surface area contributed by atoms with Gasteiger partial charge in [0.2, 0.25) is 0 Å². The van der Waals surface area contributed by atoms with E-state index >= 15 is 0 Å². The Morgan fingerprint density at radius 1 is 1.07 bits per heavy atom. The molecule has 4 nitrogen and oxygen atoms in total. The minimum Gasteiger partial charge on any atom is -0.494 e. The first kappa shape index (κ1) is 19.4. The van der Waals surface area contributed by atoms with E-state index in [0.717, 1.165) is 46.2 Å². The van der Waals surface area contributed by atoms with Crippen molar-refractivity contribution in [2.75, 3.05) is 6.61 Å². The second kappa shape index (κ2) is 9.53. The molecule has 0 saturated heterocycles. The van der Waals surface area contributed by atoms with Gasteiger partial charge in [-0.05, 0) is 43.5 Å². The standard InChI is InChI=1S/C21H20ClNO3S/c22-16-9-11-17(12-10-16)26-13-5-4-8-19-23-21(15-6-2-1-3-7-15)18(27-19)14-20(24)25/h1-3,6-7,9-12H,4-5,8,13-14H2,(H,24,25). The van der Waals surface area contributed by atoms with E-state index < -0.39 is 5.97 Å². The summed E-state index contributed by atoms with van der Waals surface area (Å²) in [6.45, 7) is 0.626. The van der Waals surface area contributed by atoms with Gasteiger partial charge in [0.05, 0.1) is 23.7 Å². The van der Waals surface area contributed by atoms with Crippen LogP contribution in [0.4, 0.5) is 0 Å². The SMILES string of the molecule is O=C(O)Cc1sc(CCCCOc2ccc(Cl)cc2)nc1-c1ccccc1. The zero-order valence-electron chi connectivity index (χ0n) is 14.7. The van der Waals surface area contributed by atoms with Gasteiger partial charge in [-0.25, -0.2) is 4.98 Å². The molecule has 6 heteroatoms. The number of halogens is 1. The Kier molecular flexibility index (Phi) is 6.85. The number of carbonyl (C=O) groups is 1. The number of hydrogen-bond donors (Lipinski definition) is 1. The van der Waals surface area contributed by atoms with E-state index in [1.807, 2.05) is 54.6 Å². The molecule has 3 aromatic rings.